The van der Waals surface area contributed by atoms with Gasteiger partial charge in [-0.15, -0.1) is 5.10 Å². The van der Waals surface area contributed by atoms with Gasteiger partial charge in [-0.05, 0) is 38.8 Å². The second kappa shape index (κ2) is 8.16. The van der Waals surface area contributed by atoms with Crippen molar-refractivity contribution in [3.05, 3.63) is 53.1 Å². The molecule has 2 aromatic heterocycles. The van der Waals surface area contributed by atoms with E-state index in [1.807, 2.05) is 44.2 Å². The van der Waals surface area contributed by atoms with Crippen molar-refractivity contribution in [1.29, 1.82) is 0 Å². The van der Waals surface area contributed by atoms with Gasteiger partial charge in [0.25, 0.3) is 11.7 Å². The highest BCUT2D eigenvalue weighted by atomic mass is 16.5. The van der Waals surface area contributed by atoms with Crippen LogP contribution in [0.1, 0.15) is 40.4 Å². The number of amides is 1. The maximum Gasteiger partial charge on any atom is 0.294 e. The molecule has 1 saturated heterocycles. The van der Waals surface area contributed by atoms with Crippen LogP contribution in [-0.4, -0.2) is 56.8 Å². The lowest BCUT2D eigenvalue weighted by atomic mass is 10.1. The molecule has 8 nitrogen and oxygen atoms in total. The van der Waals surface area contributed by atoms with Crippen LogP contribution in [0, 0.1) is 13.8 Å². The van der Waals surface area contributed by atoms with Crippen LogP contribution in [0.3, 0.4) is 0 Å². The third-order valence-electron chi connectivity index (χ3n) is 5.10. The number of para-hydroxylation sites is 1. The monoisotopic (exact) mass is 395 g/mol. The Morgan fingerprint density at radius 2 is 2.14 bits per heavy atom. The number of nitrogens with zero attached hydrogens (tertiary/aromatic N) is 5. The van der Waals surface area contributed by atoms with Crippen molar-refractivity contribution in [2.45, 2.75) is 39.3 Å². The van der Waals surface area contributed by atoms with E-state index in [9.17, 15) is 4.79 Å². The summed E-state index contributed by atoms with van der Waals surface area (Å²) in [5.41, 5.74) is 2.65. The largest absolute Gasteiger partial charge is 0.496 e. The number of ether oxygens (including phenoxy) is 2. The normalized spacial score (nSPS) is 16.3. The van der Waals surface area contributed by atoms with Crippen molar-refractivity contribution in [3.63, 3.8) is 0 Å². The van der Waals surface area contributed by atoms with Gasteiger partial charge < -0.3 is 14.4 Å². The van der Waals surface area contributed by atoms with Crippen molar-refractivity contribution < 1.29 is 14.3 Å². The van der Waals surface area contributed by atoms with Crippen LogP contribution in [0.4, 0.5) is 0 Å². The van der Waals surface area contributed by atoms with Crippen LogP contribution >= 0.6 is 0 Å². The highest BCUT2D eigenvalue weighted by Gasteiger charge is 2.27. The molecule has 0 aliphatic carbocycles. The SMILES string of the molecule is COc1ccccc1CN(C[C@@H]1CCCO1)C(=O)c1nc2nc(C)cc(C)n2n1. The Kier molecular flexibility index (Phi) is 5.44. The van der Waals surface area contributed by atoms with Crippen molar-refractivity contribution in [2.75, 3.05) is 20.3 Å². The van der Waals surface area contributed by atoms with Crippen LogP contribution in [0.15, 0.2) is 30.3 Å². The summed E-state index contributed by atoms with van der Waals surface area (Å²) in [6.45, 7) is 5.43. The minimum absolute atomic E-state index is 0.0211. The zero-order valence-corrected chi connectivity index (χ0v) is 17.0. The number of benzene rings is 1. The average molecular weight is 395 g/mol. The van der Waals surface area contributed by atoms with Gasteiger partial charge in [-0.2, -0.15) is 4.98 Å². The molecule has 0 N–H and O–H groups in total. The number of fused-ring (bicyclic) bond motifs is 1. The Labute approximate surface area is 169 Å². The first-order valence-electron chi connectivity index (χ1n) is 9.79. The summed E-state index contributed by atoms with van der Waals surface area (Å²) in [7, 11) is 1.63. The van der Waals surface area contributed by atoms with Crippen molar-refractivity contribution in [1.82, 2.24) is 24.5 Å². The highest BCUT2D eigenvalue weighted by molar-refractivity contribution is 5.91. The maximum absolute atomic E-state index is 13.4. The van der Waals surface area contributed by atoms with E-state index in [2.05, 4.69) is 15.1 Å². The average Bonchev–Trinajstić information content (AvgIpc) is 3.37. The Hall–Kier alpha value is -3.00. The van der Waals surface area contributed by atoms with Crippen LogP contribution in [-0.2, 0) is 11.3 Å². The predicted molar refractivity (Wildman–Crippen MR) is 107 cm³/mol. The van der Waals surface area contributed by atoms with Gasteiger partial charge in [-0.25, -0.2) is 9.50 Å². The summed E-state index contributed by atoms with van der Waals surface area (Å²) >= 11 is 0. The molecule has 0 radical (unpaired) electrons. The fourth-order valence-corrected chi connectivity index (χ4v) is 3.69. The summed E-state index contributed by atoms with van der Waals surface area (Å²) in [6, 6.07) is 9.61. The van der Waals surface area contributed by atoms with Crippen LogP contribution in [0.2, 0.25) is 0 Å². The molecule has 1 aromatic carbocycles. The second-order valence-electron chi connectivity index (χ2n) is 7.32. The molecule has 1 aliphatic rings. The minimum Gasteiger partial charge on any atom is -0.496 e. The molecule has 1 fully saturated rings. The molecule has 152 valence electrons. The molecular formula is C21H25N5O3. The second-order valence-corrected chi connectivity index (χ2v) is 7.32. The lowest BCUT2D eigenvalue weighted by Gasteiger charge is -2.25. The van der Waals surface area contributed by atoms with Gasteiger partial charge in [0.1, 0.15) is 5.75 Å². The fourth-order valence-electron chi connectivity index (χ4n) is 3.69. The van der Waals surface area contributed by atoms with Crippen LogP contribution in [0.5, 0.6) is 5.75 Å². The van der Waals surface area contributed by atoms with E-state index < -0.39 is 0 Å². The van der Waals surface area contributed by atoms with Gasteiger partial charge in [-0.1, -0.05) is 18.2 Å². The Morgan fingerprint density at radius 3 is 2.90 bits per heavy atom. The first kappa shape index (κ1) is 19.3. The summed E-state index contributed by atoms with van der Waals surface area (Å²) in [5.74, 6) is 1.07. The van der Waals surface area contributed by atoms with Gasteiger partial charge in [0.2, 0.25) is 5.82 Å². The number of aromatic nitrogens is 4. The summed E-state index contributed by atoms with van der Waals surface area (Å²) in [5, 5.41) is 4.41. The zero-order chi connectivity index (χ0) is 20.4. The maximum atomic E-state index is 13.4. The third kappa shape index (κ3) is 4.07. The minimum atomic E-state index is -0.242. The Balaban J connectivity index is 1.66. The van der Waals surface area contributed by atoms with E-state index >= 15 is 0 Å². The Morgan fingerprint density at radius 1 is 1.31 bits per heavy atom. The fraction of sp³-hybridized carbons (Fsp3) is 0.429. The molecule has 3 heterocycles. The standard InChI is InChI=1S/C21H25N5O3/c1-14-11-15(2)26-21(22-14)23-19(24-26)20(27)25(13-17-8-6-10-29-17)12-16-7-4-5-9-18(16)28-3/h4-5,7,9,11,17H,6,8,10,12-13H2,1-3H3/t17-/m0/s1. The molecule has 4 rings (SSSR count). The van der Waals surface area contributed by atoms with Gasteiger partial charge >= 0.3 is 0 Å². The van der Waals surface area contributed by atoms with Crippen molar-refractivity contribution in [3.8, 4) is 5.75 Å². The number of carbonyl (C=O) groups is 1. The lowest BCUT2D eigenvalue weighted by Crippen LogP contribution is -2.37. The van der Waals surface area contributed by atoms with Gasteiger partial charge in [0, 0.05) is 36.6 Å². The van der Waals surface area contributed by atoms with Crippen molar-refractivity contribution in [2.24, 2.45) is 0 Å². The van der Waals surface area contributed by atoms with E-state index in [-0.39, 0.29) is 17.8 Å². The zero-order valence-electron chi connectivity index (χ0n) is 17.0. The molecular weight excluding hydrogens is 370 g/mol. The molecule has 3 aromatic rings. The molecule has 0 spiro atoms. The van der Waals surface area contributed by atoms with Crippen LogP contribution < -0.4 is 4.74 Å². The van der Waals surface area contributed by atoms with E-state index in [1.54, 1.807) is 16.5 Å². The first-order valence-corrected chi connectivity index (χ1v) is 9.79. The summed E-state index contributed by atoms with van der Waals surface area (Å²) in [6.07, 6.45) is 1.97. The number of aryl methyl sites for hydroxylation is 2. The number of hydrogen-bond donors (Lipinski definition) is 0. The summed E-state index contributed by atoms with van der Waals surface area (Å²) in [4.78, 5) is 23.9. The van der Waals surface area contributed by atoms with Gasteiger partial charge in [0.15, 0.2) is 0 Å². The molecule has 29 heavy (non-hydrogen) atoms. The first-order chi connectivity index (χ1) is 14.0. The molecule has 1 atom stereocenters. The van der Waals surface area contributed by atoms with E-state index in [0.29, 0.717) is 18.9 Å². The number of rotatable bonds is 6. The van der Waals surface area contributed by atoms with E-state index in [4.69, 9.17) is 9.47 Å². The van der Waals surface area contributed by atoms with E-state index in [1.165, 1.54) is 0 Å². The molecule has 1 aliphatic heterocycles. The van der Waals surface area contributed by atoms with Gasteiger partial charge in [0.05, 0.1) is 13.2 Å². The Bertz CT molecular complexity index is 1030. The molecule has 8 heteroatoms. The predicted octanol–water partition coefficient (Wildman–Crippen LogP) is 2.57. The van der Waals surface area contributed by atoms with Crippen molar-refractivity contribution >= 4 is 11.7 Å². The number of carbonyl (C=O) groups excluding carboxylic acids is 1. The van der Waals surface area contributed by atoms with Gasteiger partial charge in [-0.3, -0.25) is 4.79 Å². The molecule has 1 amide bonds. The number of methoxy groups -OCH3 is 1. The quantitative estimate of drug-likeness (QED) is 0.638. The molecule has 0 saturated carbocycles. The highest BCUT2D eigenvalue weighted by Crippen LogP contribution is 2.22. The summed E-state index contributed by atoms with van der Waals surface area (Å²) < 4.78 is 12.8. The smallest absolute Gasteiger partial charge is 0.294 e. The topological polar surface area (TPSA) is 81.9 Å². The molecule has 0 unspecified atom stereocenters. The lowest BCUT2D eigenvalue weighted by molar-refractivity contribution is 0.0497. The van der Waals surface area contributed by atoms with E-state index in [0.717, 1.165) is 42.1 Å². The van der Waals surface area contributed by atoms with Crippen LogP contribution in [0.25, 0.3) is 5.78 Å². The number of hydrogen-bond acceptors (Lipinski definition) is 6. The third-order valence-corrected chi connectivity index (χ3v) is 5.10. The molecule has 0 bridgehead atoms.